The van der Waals surface area contributed by atoms with E-state index in [4.69, 9.17) is 0 Å². The molecule has 122 valence electrons. The van der Waals surface area contributed by atoms with Crippen LogP contribution in [0.1, 0.15) is 6.42 Å². The van der Waals surface area contributed by atoms with Crippen molar-refractivity contribution in [3.05, 3.63) is 90.5 Å². The van der Waals surface area contributed by atoms with Gasteiger partial charge in [0.2, 0.25) is 0 Å². The fraction of sp³-hybridized carbons (Fsp3) is 0.0952. The van der Waals surface area contributed by atoms with E-state index >= 15 is 0 Å². The van der Waals surface area contributed by atoms with E-state index in [1.54, 1.807) is 0 Å². The summed E-state index contributed by atoms with van der Waals surface area (Å²) in [7, 11) is 0. The lowest BCUT2D eigenvalue weighted by atomic mass is 10.1. The van der Waals surface area contributed by atoms with Gasteiger partial charge in [-0.15, -0.1) is 0 Å². The maximum atomic E-state index is 4.53. The highest BCUT2D eigenvalue weighted by atomic mass is 15.5. The number of hydrogen-bond donors (Lipinski definition) is 1. The number of allylic oxidation sites excluding steroid dienone is 1. The first-order valence-electron chi connectivity index (χ1n) is 8.51. The molecule has 3 heterocycles. The van der Waals surface area contributed by atoms with Crippen LogP contribution in [-0.2, 0) is 0 Å². The van der Waals surface area contributed by atoms with Crippen molar-refractivity contribution in [1.82, 2.24) is 15.4 Å². The molecule has 0 unspecified atom stereocenters. The Hall–Kier alpha value is -3.11. The van der Waals surface area contributed by atoms with Gasteiger partial charge in [-0.05, 0) is 30.3 Å². The van der Waals surface area contributed by atoms with Gasteiger partial charge in [0.25, 0.3) is 0 Å². The molecule has 1 aromatic heterocycles. The summed E-state index contributed by atoms with van der Waals surface area (Å²) in [5, 5.41) is 3.29. The SMILES string of the molecule is C1=CN2NCC(N(c3ccccc3)c3ccc4cccnc4c3)=C2C1. The van der Waals surface area contributed by atoms with Crippen LogP contribution in [0.15, 0.2) is 90.5 Å². The zero-order chi connectivity index (χ0) is 16.6. The molecule has 4 heteroatoms. The van der Waals surface area contributed by atoms with Gasteiger partial charge >= 0.3 is 0 Å². The summed E-state index contributed by atoms with van der Waals surface area (Å²) in [6.07, 6.45) is 7.10. The average Bonchev–Trinajstić information content (AvgIpc) is 3.28. The molecule has 0 amide bonds. The number of fused-ring (bicyclic) bond motifs is 2. The summed E-state index contributed by atoms with van der Waals surface area (Å²) in [5.74, 6) is 0. The van der Waals surface area contributed by atoms with Gasteiger partial charge in [0.15, 0.2) is 0 Å². The molecule has 0 radical (unpaired) electrons. The topological polar surface area (TPSA) is 31.4 Å². The second-order valence-electron chi connectivity index (χ2n) is 6.24. The van der Waals surface area contributed by atoms with Crippen LogP contribution >= 0.6 is 0 Å². The highest BCUT2D eigenvalue weighted by Gasteiger charge is 2.28. The summed E-state index contributed by atoms with van der Waals surface area (Å²) in [6, 6.07) is 21.1. The molecule has 0 aliphatic carbocycles. The van der Waals surface area contributed by atoms with E-state index in [2.05, 4.69) is 87.2 Å². The third kappa shape index (κ3) is 2.39. The first kappa shape index (κ1) is 14.3. The predicted octanol–water partition coefficient (Wildman–Crippen LogP) is 4.32. The summed E-state index contributed by atoms with van der Waals surface area (Å²) in [6.45, 7) is 0.814. The number of anilines is 2. The molecule has 0 saturated heterocycles. The average molecular weight is 326 g/mol. The van der Waals surface area contributed by atoms with E-state index in [9.17, 15) is 0 Å². The Kier molecular flexibility index (Phi) is 3.28. The van der Waals surface area contributed by atoms with Crippen molar-refractivity contribution in [3.8, 4) is 0 Å². The van der Waals surface area contributed by atoms with Crippen LogP contribution in [0.25, 0.3) is 10.9 Å². The number of rotatable bonds is 3. The maximum Gasteiger partial charge on any atom is 0.0722 e. The number of aromatic nitrogens is 1. The first-order valence-corrected chi connectivity index (χ1v) is 8.51. The first-order chi connectivity index (χ1) is 12.4. The number of nitrogens with one attached hydrogen (secondary N) is 1. The van der Waals surface area contributed by atoms with Crippen molar-refractivity contribution < 1.29 is 0 Å². The van der Waals surface area contributed by atoms with Crippen molar-refractivity contribution in [2.75, 3.05) is 11.4 Å². The smallest absolute Gasteiger partial charge is 0.0722 e. The number of para-hydroxylation sites is 1. The van der Waals surface area contributed by atoms with Crippen LogP contribution in [-0.4, -0.2) is 16.5 Å². The summed E-state index contributed by atoms with van der Waals surface area (Å²) in [5.41, 5.74) is 9.35. The van der Waals surface area contributed by atoms with Crippen molar-refractivity contribution >= 4 is 22.3 Å². The molecule has 1 N–H and O–H groups in total. The monoisotopic (exact) mass is 326 g/mol. The van der Waals surface area contributed by atoms with Gasteiger partial charge in [-0.2, -0.15) is 0 Å². The zero-order valence-corrected chi connectivity index (χ0v) is 13.8. The molecule has 0 fully saturated rings. The van der Waals surface area contributed by atoms with Gasteiger partial charge in [-0.1, -0.05) is 36.4 Å². The molecule has 2 aliphatic rings. The maximum absolute atomic E-state index is 4.53. The van der Waals surface area contributed by atoms with Gasteiger partial charge in [0, 0.05) is 35.6 Å². The van der Waals surface area contributed by atoms with E-state index in [-0.39, 0.29) is 0 Å². The molecule has 3 aromatic rings. The van der Waals surface area contributed by atoms with Gasteiger partial charge in [0.1, 0.15) is 0 Å². The van der Waals surface area contributed by atoms with Gasteiger partial charge < -0.3 is 4.90 Å². The normalized spacial score (nSPS) is 15.9. The fourth-order valence-corrected chi connectivity index (χ4v) is 3.56. The Balaban J connectivity index is 1.68. The molecule has 0 spiro atoms. The molecule has 0 bridgehead atoms. The van der Waals surface area contributed by atoms with Crippen molar-refractivity contribution in [2.24, 2.45) is 0 Å². The molecule has 4 nitrogen and oxygen atoms in total. The second-order valence-corrected chi connectivity index (χ2v) is 6.24. The molecule has 0 saturated carbocycles. The Morgan fingerprint density at radius 1 is 0.960 bits per heavy atom. The quantitative estimate of drug-likeness (QED) is 0.776. The van der Waals surface area contributed by atoms with Crippen LogP contribution < -0.4 is 10.3 Å². The highest BCUT2D eigenvalue weighted by Crippen LogP contribution is 2.36. The minimum atomic E-state index is 0.814. The zero-order valence-electron chi connectivity index (χ0n) is 13.8. The van der Waals surface area contributed by atoms with E-state index < -0.39 is 0 Å². The molecule has 25 heavy (non-hydrogen) atoms. The van der Waals surface area contributed by atoms with Crippen molar-refractivity contribution in [1.29, 1.82) is 0 Å². The Morgan fingerprint density at radius 3 is 2.80 bits per heavy atom. The number of nitrogens with zero attached hydrogens (tertiary/aromatic N) is 3. The number of hydrogen-bond acceptors (Lipinski definition) is 4. The van der Waals surface area contributed by atoms with Crippen LogP contribution in [0.5, 0.6) is 0 Å². The highest BCUT2D eigenvalue weighted by molar-refractivity contribution is 5.84. The van der Waals surface area contributed by atoms with E-state index in [0.29, 0.717) is 0 Å². The molecular formula is C21H18N4. The predicted molar refractivity (Wildman–Crippen MR) is 101 cm³/mol. The van der Waals surface area contributed by atoms with E-state index in [1.807, 2.05) is 12.3 Å². The Labute approximate surface area is 146 Å². The largest absolute Gasteiger partial charge is 0.311 e. The molecule has 2 aliphatic heterocycles. The van der Waals surface area contributed by atoms with Crippen LogP contribution in [0, 0.1) is 0 Å². The van der Waals surface area contributed by atoms with E-state index in [0.717, 1.165) is 35.2 Å². The summed E-state index contributed by atoms with van der Waals surface area (Å²) in [4.78, 5) is 6.87. The van der Waals surface area contributed by atoms with E-state index in [1.165, 1.54) is 11.4 Å². The van der Waals surface area contributed by atoms with Crippen molar-refractivity contribution in [2.45, 2.75) is 6.42 Å². The van der Waals surface area contributed by atoms with Crippen molar-refractivity contribution in [3.63, 3.8) is 0 Å². The minimum absolute atomic E-state index is 0.814. The van der Waals surface area contributed by atoms with Gasteiger partial charge in [-0.25, -0.2) is 5.43 Å². The summed E-state index contributed by atoms with van der Waals surface area (Å²) < 4.78 is 0. The molecule has 5 rings (SSSR count). The fourth-order valence-electron chi connectivity index (χ4n) is 3.56. The second kappa shape index (κ2) is 5.76. The van der Waals surface area contributed by atoms with Crippen LogP contribution in [0.2, 0.25) is 0 Å². The number of benzene rings is 2. The lowest BCUT2D eigenvalue weighted by molar-refractivity contribution is 0.398. The van der Waals surface area contributed by atoms with Gasteiger partial charge in [0.05, 0.1) is 23.5 Å². The van der Waals surface area contributed by atoms with Crippen LogP contribution in [0.4, 0.5) is 11.4 Å². The minimum Gasteiger partial charge on any atom is -0.311 e. The standard InChI is InChI=1S/C21H18N4/c1-2-7-17(8-3-1)25(21-15-23-24-13-5-9-20(21)24)18-11-10-16-6-4-12-22-19(16)14-18/h1-8,10-14,23H,9,15H2. The van der Waals surface area contributed by atoms with Gasteiger partial charge in [-0.3, -0.25) is 9.99 Å². The lowest BCUT2D eigenvalue weighted by Gasteiger charge is -2.27. The third-order valence-corrected chi connectivity index (χ3v) is 4.74. The molecule has 2 aromatic carbocycles. The Morgan fingerprint density at radius 2 is 1.88 bits per heavy atom. The number of hydrazine groups is 1. The summed E-state index contributed by atoms with van der Waals surface area (Å²) >= 11 is 0. The van der Waals surface area contributed by atoms with Crippen LogP contribution in [0.3, 0.4) is 0 Å². The molecular weight excluding hydrogens is 308 g/mol. The third-order valence-electron chi connectivity index (χ3n) is 4.74. The lowest BCUT2D eigenvalue weighted by Crippen LogP contribution is -2.25. The Bertz CT molecular complexity index is 991. The molecule has 0 atom stereocenters. The number of pyridine rings is 1.